The molecule has 210 valence electrons. The van der Waals surface area contributed by atoms with Crippen molar-refractivity contribution in [3.05, 3.63) is 69.8 Å². The van der Waals surface area contributed by atoms with Crippen LogP contribution in [0.5, 0.6) is 5.75 Å². The average Bonchev–Trinajstić information content (AvgIpc) is 3.54. The largest absolute Gasteiger partial charge is 0.496 e. The van der Waals surface area contributed by atoms with Crippen molar-refractivity contribution in [3.8, 4) is 5.75 Å². The van der Waals surface area contributed by atoms with Crippen molar-refractivity contribution in [2.75, 3.05) is 7.11 Å². The number of carbonyl (C=O) groups excluding carboxylic acids is 2. The Morgan fingerprint density at radius 1 is 1.18 bits per heavy atom. The molecule has 1 heterocycles. The molecule has 4 rings (SSSR count). The Labute approximate surface area is 234 Å². The molecule has 1 aliphatic carbocycles. The normalized spacial score (nSPS) is 16.7. The molecule has 1 N–H and O–H groups in total. The number of rotatable bonds is 8. The monoisotopic (exact) mass is 549 g/mol. The van der Waals surface area contributed by atoms with E-state index < -0.39 is 20.3 Å². The molecule has 0 spiro atoms. The van der Waals surface area contributed by atoms with Crippen LogP contribution >= 0.6 is 0 Å². The molecule has 1 aliphatic heterocycles. The summed E-state index contributed by atoms with van der Waals surface area (Å²) in [5, 5.41) is 4.04. The van der Waals surface area contributed by atoms with Crippen LogP contribution in [0.1, 0.15) is 85.6 Å². The van der Waals surface area contributed by atoms with E-state index in [9.17, 15) is 9.59 Å². The molecule has 0 radical (unpaired) electrons. The Hall–Kier alpha value is -3.06. The predicted octanol–water partition coefficient (Wildman–Crippen LogP) is 6.90. The summed E-state index contributed by atoms with van der Waals surface area (Å²) in [4.78, 5) is 26.4. The van der Waals surface area contributed by atoms with Gasteiger partial charge in [-0.05, 0) is 65.6 Å². The van der Waals surface area contributed by atoms with Crippen LogP contribution < -0.4 is 15.2 Å². The topological polar surface area (TPSA) is 73.9 Å². The quantitative estimate of drug-likeness (QED) is 0.220. The second-order valence-electron chi connectivity index (χ2n) is 12.4. The highest BCUT2D eigenvalue weighted by molar-refractivity contribution is 6.93. The van der Waals surface area contributed by atoms with E-state index >= 15 is 0 Å². The molecule has 2 atom stereocenters. The standard InChI is InChI=1S/C32H43NO5Si/c1-20-25-19-37-30(34)27(25)29(39(7,8)32(3,4)5)24(28(20)36-6)18-26(23-16-12-13-17-23)38-31(35)33-21(2)22-14-10-9-11-15-22/h9-11,14-16,21,26H,12-13,17-19H2,1-8H3,(H,33,35)/t21-,26+/m1/s1. The van der Waals surface area contributed by atoms with Crippen molar-refractivity contribution in [2.45, 2.75) is 97.2 Å². The Bertz CT molecular complexity index is 1280. The average molecular weight is 550 g/mol. The number of fused-ring (bicyclic) bond motifs is 1. The highest BCUT2D eigenvalue weighted by Crippen LogP contribution is 2.42. The van der Waals surface area contributed by atoms with Gasteiger partial charge in [-0.15, -0.1) is 0 Å². The molecule has 1 amide bonds. The number of hydrogen-bond donors (Lipinski definition) is 1. The number of amides is 1. The van der Waals surface area contributed by atoms with E-state index in [1.165, 1.54) is 0 Å². The van der Waals surface area contributed by atoms with Crippen LogP contribution in [0.3, 0.4) is 0 Å². The van der Waals surface area contributed by atoms with E-state index in [0.29, 0.717) is 12.0 Å². The Kier molecular flexibility index (Phi) is 8.31. The number of ether oxygens (including phenoxy) is 3. The third-order valence-corrected chi connectivity index (χ3v) is 14.5. The summed E-state index contributed by atoms with van der Waals surface area (Å²) in [5.74, 6) is 0.515. The van der Waals surface area contributed by atoms with Crippen molar-refractivity contribution in [1.82, 2.24) is 5.32 Å². The molecule has 0 saturated carbocycles. The van der Waals surface area contributed by atoms with E-state index in [0.717, 1.165) is 58.0 Å². The van der Waals surface area contributed by atoms with Gasteiger partial charge in [0.25, 0.3) is 0 Å². The van der Waals surface area contributed by atoms with Gasteiger partial charge in [-0.25, -0.2) is 9.59 Å². The van der Waals surface area contributed by atoms with Gasteiger partial charge in [0, 0.05) is 12.0 Å². The number of carbonyl (C=O) groups is 2. The molecular weight excluding hydrogens is 506 g/mol. The summed E-state index contributed by atoms with van der Waals surface area (Å²) < 4.78 is 17.8. The molecule has 2 aromatic rings. The molecule has 0 bridgehead atoms. The Balaban J connectivity index is 1.78. The van der Waals surface area contributed by atoms with Crippen molar-refractivity contribution in [2.24, 2.45) is 0 Å². The van der Waals surface area contributed by atoms with Crippen molar-refractivity contribution < 1.29 is 23.8 Å². The first-order valence-corrected chi connectivity index (χ1v) is 17.0. The first kappa shape index (κ1) is 28.9. The maximum Gasteiger partial charge on any atom is 0.408 e. The minimum absolute atomic E-state index is 0.0376. The van der Waals surface area contributed by atoms with E-state index in [2.05, 4.69) is 45.3 Å². The lowest BCUT2D eigenvalue weighted by atomic mass is 9.93. The minimum Gasteiger partial charge on any atom is -0.496 e. The second-order valence-corrected chi connectivity index (χ2v) is 17.6. The summed E-state index contributed by atoms with van der Waals surface area (Å²) in [5.41, 5.74) is 5.67. The molecule has 7 heteroatoms. The Morgan fingerprint density at radius 2 is 1.87 bits per heavy atom. The van der Waals surface area contributed by atoms with Crippen molar-refractivity contribution in [3.63, 3.8) is 0 Å². The van der Waals surface area contributed by atoms with Gasteiger partial charge in [0.2, 0.25) is 0 Å². The van der Waals surface area contributed by atoms with Crippen molar-refractivity contribution >= 4 is 25.3 Å². The molecular formula is C32H43NO5Si. The van der Waals surface area contributed by atoms with E-state index in [1.54, 1.807) is 7.11 Å². The van der Waals surface area contributed by atoms with Gasteiger partial charge in [0.05, 0.1) is 26.8 Å². The molecule has 0 saturated heterocycles. The number of alkyl carbamates (subject to hydrolysis) is 1. The smallest absolute Gasteiger partial charge is 0.408 e. The van der Waals surface area contributed by atoms with E-state index in [-0.39, 0.29) is 23.7 Å². The molecule has 2 aliphatic rings. The van der Waals surface area contributed by atoms with Gasteiger partial charge in [0.15, 0.2) is 0 Å². The first-order chi connectivity index (χ1) is 18.4. The number of hydrogen-bond acceptors (Lipinski definition) is 5. The Morgan fingerprint density at radius 3 is 2.46 bits per heavy atom. The highest BCUT2D eigenvalue weighted by Gasteiger charge is 2.45. The number of benzene rings is 2. The second kappa shape index (κ2) is 11.2. The number of cyclic esters (lactones) is 1. The third-order valence-electron chi connectivity index (χ3n) is 8.94. The predicted molar refractivity (Wildman–Crippen MR) is 158 cm³/mol. The zero-order chi connectivity index (χ0) is 28.5. The van der Waals surface area contributed by atoms with Gasteiger partial charge < -0.3 is 19.5 Å². The van der Waals surface area contributed by atoms with Gasteiger partial charge in [-0.2, -0.15) is 0 Å². The maximum absolute atomic E-state index is 13.2. The lowest BCUT2D eigenvalue weighted by Gasteiger charge is -2.40. The zero-order valence-corrected chi connectivity index (χ0v) is 25.7. The van der Waals surface area contributed by atoms with Gasteiger partial charge in [-0.3, -0.25) is 0 Å². The SMILES string of the molecule is COc1c(C)c2c(c([Si](C)(C)C(C)(C)C)c1C[C@H](OC(=O)N[C@H](C)c1ccccc1)C1=CCCC1)C(=O)OC2. The number of nitrogens with one attached hydrogen (secondary N) is 1. The number of allylic oxidation sites excluding steroid dienone is 1. The number of methoxy groups -OCH3 is 1. The van der Waals surface area contributed by atoms with Crippen LogP contribution in [0.4, 0.5) is 4.79 Å². The molecule has 2 aromatic carbocycles. The lowest BCUT2D eigenvalue weighted by Crippen LogP contribution is -2.54. The molecule has 0 fully saturated rings. The summed E-state index contributed by atoms with van der Waals surface area (Å²) in [7, 11) is -0.583. The fourth-order valence-electron chi connectivity index (χ4n) is 5.70. The van der Waals surface area contributed by atoms with Gasteiger partial charge in [-0.1, -0.05) is 70.3 Å². The highest BCUT2D eigenvalue weighted by atomic mass is 28.3. The molecule has 0 aromatic heterocycles. The molecule has 39 heavy (non-hydrogen) atoms. The number of esters is 1. The fourth-order valence-corrected chi connectivity index (χ4v) is 8.30. The van der Waals surface area contributed by atoms with Crippen LogP contribution in [0, 0.1) is 6.92 Å². The van der Waals surface area contributed by atoms with Gasteiger partial charge in [0.1, 0.15) is 18.5 Å². The first-order valence-electron chi connectivity index (χ1n) is 14.0. The summed E-state index contributed by atoms with van der Waals surface area (Å²) >= 11 is 0. The van der Waals surface area contributed by atoms with E-state index in [4.69, 9.17) is 14.2 Å². The zero-order valence-electron chi connectivity index (χ0n) is 24.7. The van der Waals surface area contributed by atoms with Crippen molar-refractivity contribution in [1.29, 1.82) is 0 Å². The summed E-state index contributed by atoms with van der Waals surface area (Å²) in [6.45, 7) is 15.6. The summed E-state index contributed by atoms with van der Waals surface area (Å²) in [6, 6.07) is 9.67. The fraction of sp³-hybridized carbons (Fsp3) is 0.500. The van der Waals surface area contributed by atoms with Crippen LogP contribution in [0.25, 0.3) is 0 Å². The third kappa shape index (κ3) is 5.65. The van der Waals surface area contributed by atoms with Crippen LogP contribution in [-0.2, 0) is 22.5 Å². The maximum atomic E-state index is 13.2. The van der Waals surface area contributed by atoms with Crippen LogP contribution in [0.2, 0.25) is 18.1 Å². The lowest BCUT2D eigenvalue weighted by molar-refractivity contribution is 0.0535. The summed E-state index contributed by atoms with van der Waals surface area (Å²) in [6.07, 6.45) is 4.64. The van der Waals surface area contributed by atoms with E-state index in [1.807, 2.05) is 44.2 Å². The molecule has 0 unspecified atom stereocenters. The van der Waals surface area contributed by atoms with Gasteiger partial charge >= 0.3 is 12.1 Å². The minimum atomic E-state index is -2.27. The van der Waals surface area contributed by atoms with Crippen LogP contribution in [-0.4, -0.2) is 33.4 Å². The van der Waals surface area contributed by atoms with Crippen LogP contribution in [0.15, 0.2) is 42.0 Å². The molecule has 6 nitrogen and oxygen atoms in total.